The highest BCUT2D eigenvalue weighted by Crippen LogP contribution is 2.11. The zero-order valence-corrected chi connectivity index (χ0v) is 9.49. The Bertz CT molecular complexity index is 376. The Morgan fingerprint density at radius 3 is 3.19 bits per heavy atom. The standard InChI is InChI=1S/C12H17N3O/c1-10-3-2-4-11(9-10)16-8-7-15-12-13-5-6-14-12/h2-4,9H,5-8H2,1H3,(H2,13,14,15). The van der Waals surface area contributed by atoms with Crippen LogP contribution in [0.5, 0.6) is 5.75 Å². The van der Waals surface area contributed by atoms with E-state index < -0.39 is 0 Å². The molecule has 4 heteroatoms. The normalized spacial score (nSPS) is 14.2. The number of aliphatic imine (C=N–C) groups is 1. The summed E-state index contributed by atoms with van der Waals surface area (Å²) in [6.07, 6.45) is 0. The minimum Gasteiger partial charge on any atom is -0.492 e. The van der Waals surface area contributed by atoms with Crippen LogP contribution in [-0.4, -0.2) is 32.2 Å². The Morgan fingerprint density at radius 2 is 2.44 bits per heavy atom. The third-order valence-corrected chi connectivity index (χ3v) is 2.33. The molecule has 1 heterocycles. The highest BCUT2D eigenvalue weighted by Gasteiger charge is 2.02. The molecule has 2 N–H and O–H groups in total. The minimum absolute atomic E-state index is 0.643. The number of hydrogen-bond acceptors (Lipinski definition) is 4. The quantitative estimate of drug-likeness (QED) is 0.740. The van der Waals surface area contributed by atoms with E-state index in [0.717, 1.165) is 31.3 Å². The summed E-state index contributed by atoms with van der Waals surface area (Å²) in [5.41, 5.74) is 1.22. The lowest BCUT2D eigenvalue weighted by Gasteiger charge is -2.08. The topological polar surface area (TPSA) is 45.6 Å². The van der Waals surface area contributed by atoms with Crippen molar-refractivity contribution >= 4 is 5.96 Å². The molecule has 0 amide bonds. The Balaban J connectivity index is 1.68. The van der Waals surface area contributed by atoms with Gasteiger partial charge in [0.05, 0.1) is 13.1 Å². The third kappa shape index (κ3) is 3.15. The second kappa shape index (κ2) is 5.39. The first kappa shape index (κ1) is 10.8. The molecule has 0 atom stereocenters. The molecule has 16 heavy (non-hydrogen) atoms. The molecule has 1 aromatic carbocycles. The molecule has 0 aliphatic carbocycles. The van der Waals surface area contributed by atoms with Crippen LogP contribution < -0.4 is 15.4 Å². The van der Waals surface area contributed by atoms with Crippen molar-refractivity contribution in [3.05, 3.63) is 29.8 Å². The van der Waals surface area contributed by atoms with E-state index in [9.17, 15) is 0 Å². The molecule has 2 rings (SSSR count). The number of guanidine groups is 1. The van der Waals surface area contributed by atoms with Crippen molar-refractivity contribution in [2.75, 3.05) is 26.2 Å². The van der Waals surface area contributed by atoms with E-state index in [1.807, 2.05) is 18.2 Å². The monoisotopic (exact) mass is 219 g/mol. The zero-order valence-electron chi connectivity index (χ0n) is 9.49. The van der Waals surface area contributed by atoms with Crippen molar-refractivity contribution in [2.45, 2.75) is 6.92 Å². The SMILES string of the molecule is Cc1cccc(OCCNC2=NCCN2)c1. The fourth-order valence-electron chi connectivity index (χ4n) is 1.56. The maximum Gasteiger partial charge on any atom is 0.191 e. The third-order valence-electron chi connectivity index (χ3n) is 2.33. The maximum atomic E-state index is 5.60. The van der Waals surface area contributed by atoms with Crippen LogP contribution in [-0.2, 0) is 0 Å². The molecule has 4 nitrogen and oxygen atoms in total. The van der Waals surface area contributed by atoms with Crippen LogP contribution in [0, 0.1) is 6.92 Å². The lowest BCUT2D eigenvalue weighted by Crippen LogP contribution is -2.36. The summed E-state index contributed by atoms with van der Waals surface area (Å²) >= 11 is 0. The van der Waals surface area contributed by atoms with Crippen LogP contribution in [0.25, 0.3) is 0 Å². The Kier molecular flexibility index (Phi) is 3.64. The highest BCUT2D eigenvalue weighted by molar-refractivity contribution is 5.81. The van der Waals surface area contributed by atoms with E-state index in [1.165, 1.54) is 5.56 Å². The molecule has 0 fully saturated rings. The highest BCUT2D eigenvalue weighted by atomic mass is 16.5. The molecular weight excluding hydrogens is 202 g/mol. The first-order valence-corrected chi connectivity index (χ1v) is 5.56. The van der Waals surface area contributed by atoms with Crippen molar-refractivity contribution in [3.63, 3.8) is 0 Å². The summed E-state index contributed by atoms with van der Waals surface area (Å²) in [5, 5.41) is 6.33. The summed E-state index contributed by atoms with van der Waals surface area (Å²) in [7, 11) is 0. The molecule has 0 saturated heterocycles. The number of ether oxygens (including phenoxy) is 1. The average molecular weight is 219 g/mol. The van der Waals surface area contributed by atoms with Crippen molar-refractivity contribution in [3.8, 4) is 5.75 Å². The lowest BCUT2D eigenvalue weighted by molar-refractivity contribution is 0.322. The Morgan fingerprint density at radius 1 is 1.50 bits per heavy atom. The van der Waals surface area contributed by atoms with Gasteiger partial charge in [0.2, 0.25) is 0 Å². The van der Waals surface area contributed by atoms with E-state index in [-0.39, 0.29) is 0 Å². The molecule has 1 aromatic rings. The summed E-state index contributed by atoms with van der Waals surface area (Å²) in [6, 6.07) is 8.06. The van der Waals surface area contributed by atoms with Crippen molar-refractivity contribution in [2.24, 2.45) is 4.99 Å². The molecule has 1 aliphatic heterocycles. The van der Waals surface area contributed by atoms with Gasteiger partial charge in [0.25, 0.3) is 0 Å². The predicted octanol–water partition coefficient (Wildman–Crippen LogP) is 0.923. The van der Waals surface area contributed by atoms with Gasteiger partial charge in [0.1, 0.15) is 12.4 Å². The summed E-state index contributed by atoms with van der Waals surface area (Å²) < 4.78 is 5.60. The van der Waals surface area contributed by atoms with Gasteiger partial charge < -0.3 is 15.4 Å². The fourth-order valence-corrected chi connectivity index (χ4v) is 1.56. The average Bonchev–Trinajstić information content (AvgIpc) is 2.77. The van der Waals surface area contributed by atoms with E-state index in [0.29, 0.717) is 6.61 Å². The van der Waals surface area contributed by atoms with Crippen molar-refractivity contribution < 1.29 is 4.74 Å². The van der Waals surface area contributed by atoms with Gasteiger partial charge in [-0.2, -0.15) is 0 Å². The van der Waals surface area contributed by atoms with Crippen molar-refractivity contribution in [1.82, 2.24) is 10.6 Å². The van der Waals surface area contributed by atoms with Crippen LogP contribution in [0.3, 0.4) is 0 Å². The Labute approximate surface area is 95.7 Å². The molecule has 0 saturated carbocycles. The van der Waals surface area contributed by atoms with E-state index in [4.69, 9.17) is 4.74 Å². The van der Waals surface area contributed by atoms with Gasteiger partial charge in [-0.15, -0.1) is 0 Å². The number of rotatable bonds is 4. The molecule has 1 aliphatic rings. The number of nitrogens with zero attached hydrogens (tertiary/aromatic N) is 1. The number of aryl methyl sites for hydroxylation is 1. The molecule has 0 bridgehead atoms. The molecule has 0 radical (unpaired) electrons. The summed E-state index contributed by atoms with van der Waals surface area (Å²) in [4.78, 5) is 4.23. The maximum absolute atomic E-state index is 5.60. The first-order valence-electron chi connectivity index (χ1n) is 5.56. The molecular formula is C12H17N3O. The number of hydrogen-bond donors (Lipinski definition) is 2. The summed E-state index contributed by atoms with van der Waals surface area (Å²) in [5.74, 6) is 1.80. The largest absolute Gasteiger partial charge is 0.492 e. The van der Waals surface area contributed by atoms with Gasteiger partial charge in [-0.05, 0) is 24.6 Å². The summed E-state index contributed by atoms with van der Waals surface area (Å²) in [6.45, 7) is 5.26. The minimum atomic E-state index is 0.643. The Hall–Kier alpha value is -1.71. The van der Waals surface area contributed by atoms with Crippen LogP contribution in [0.15, 0.2) is 29.3 Å². The molecule has 0 unspecified atom stereocenters. The van der Waals surface area contributed by atoms with Gasteiger partial charge in [-0.25, -0.2) is 0 Å². The van der Waals surface area contributed by atoms with E-state index in [2.05, 4.69) is 28.6 Å². The van der Waals surface area contributed by atoms with E-state index in [1.54, 1.807) is 0 Å². The van der Waals surface area contributed by atoms with Crippen LogP contribution in [0.4, 0.5) is 0 Å². The smallest absolute Gasteiger partial charge is 0.191 e. The lowest BCUT2D eigenvalue weighted by atomic mass is 10.2. The second-order valence-corrected chi connectivity index (χ2v) is 3.75. The van der Waals surface area contributed by atoms with Gasteiger partial charge in [-0.1, -0.05) is 12.1 Å². The number of nitrogens with one attached hydrogen (secondary N) is 2. The fraction of sp³-hybridized carbons (Fsp3) is 0.417. The van der Waals surface area contributed by atoms with Crippen LogP contribution in [0.1, 0.15) is 5.56 Å². The molecule has 0 spiro atoms. The van der Waals surface area contributed by atoms with Gasteiger partial charge in [0.15, 0.2) is 5.96 Å². The van der Waals surface area contributed by atoms with Gasteiger partial charge >= 0.3 is 0 Å². The van der Waals surface area contributed by atoms with Crippen LogP contribution >= 0.6 is 0 Å². The van der Waals surface area contributed by atoms with Gasteiger partial charge in [0, 0.05) is 6.54 Å². The number of benzene rings is 1. The second-order valence-electron chi connectivity index (χ2n) is 3.75. The van der Waals surface area contributed by atoms with E-state index >= 15 is 0 Å². The zero-order chi connectivity index (χ0) is 11.2. The molecule has 0 aromatic heterocycles. The van der Waals surface area contributed by atoms with Gasteiger partial charge in [-0.3, -0.25) is 4.99 Å². The predicted molar refractivity (Wildman–Crippen MR) is 65.0 cm³/mol. The molecule has 86 valence electrons. The van der Waals surface area contributed by atoms with Crippen LogP contribution in [0.2, 0.25) is 0 Å². The van der Waals surface area contributed by atoms with Crippen molar-refractivity contribution in [1.29, 1.82) is 0 Å². The first-order chi connectivity index (χ1) is 7.84.